The van der Waals surface area contributed by atoms with Crippen molar-refractivity contribution >= 4 is 34.9 Å². The van der Waals surface area contributed by atoms with E-state index in [2.05, 4.69) is 10.6 Å². The Morgan fingerprint density at radius 1 is 1.35 bits per heavy atom. The van der Waals surface area contributed by atoms with Gasteiger partial charge >= 0.3 is 5.97 Å². The predicted molar refractivity (Wildman–Crippen MR) is 79.2 cm³/mol. The van der Waals surface area contributed by atoms with Crippen molar-refractivity contribution in [1.82, 2.24) is 5.32 Å². The highest BCUT2D eigenvalue weighted by molar-refractivity contribution is 7.80. The number of hydrogen-bond acceptors (Lipinski definition) is 4. The highest BCUT2D eigenvalue weighted by atomic mass is 32.1. The van der Waals surface area contributed by atoms with E-state index in [-0.39, 0.29) is 22.5 Å². The number of amides is 1. The number of ether oxygens (including phenoxy) is 1. The fourth-order valence-corrected chi connectivity index (χ4v) is 1.56. The molecule has 0 aliphatic heterocycles. The van der Waals surface area contributed by atoms with Crippen molar-refractivity contribution in [3.8, 4) is 5.75 Å². The summed E-state index contributed by atoms with van der Waals surface area (Å²) in [4.78, 5) is 22.4. The van der Waals surface area contributed by atoms with Crippen molar-refractivity contribution in [1.29, 1.82) is 0 Å². The molecule has 0 spiro atoms. The minimum absolute atomic E-state index is 0.0875. The van der Waals surface area contributed by atoms with Crippen LogP contribution >= 0.6 is 12.2 Å². The number of thiocarbonyl (C=S) groups is 1. The molecule has 0 bridgehead atoms. The summed E-state index contributed by atoms with van der Waals surface area (Å²) in [5.41, 5.74) is 0.466. The lowest BCUT2D eigenvalue weighted by molar-refractivity contribution is -0.122. The first-order chi connectivity index (χ1) is 9.35. The highest BCUT2D eigenvalue weighted by Gasteiger charge is 2.12. The van der Waals surface area contributed by atoms with Gasteiger partial charge in [0.2, 0.25) is 5.91 Å². The van der Waals surface area contributed by atoms with E-state index in [1.54, 1.807) is 13.8 Å². The van der Waals surface area contributed by atoms with Crippen LogP contribution in [0.2, 0.25) is 0 Å². The minimum Gasteiger partial charge on any atom is -0.495 e. The third-order valence-corrected chi connectivity index (χ3v) is 2.66. The van der Waals surface area contributed by atoms with E-state index in [9.17, 15) is 9.59 Å². The van der Waals surface area contributed by atoms with E-state index in [4.69, 9.17) is 22.1 Å². The predicted octanol–water partition coefficient (Wildman–Crippen LogP) is 1.86. The zero-order chi connectivity index (χ0) is 15.3. The molecule has 1 amide bonds. The topological polar surface area (TPSA) is 87.7 Å². The van der Waals surface area contributed by atoms with Gasteiger partial charge in [-0.15, -0.1) is 0 Å². The molecule has 0 aromatic heterocycles. The molecule has 1 aromatic rings. The molecule has 0 saturated heterocycles. The van der Waals surface area contributed by atoms with E-state index in [1.807, 2.05) is 0 Å². The maximum atomic E-state index is 11.5. The van der Waals surface area contributed by atoms with Gasteiger partial charge in [0.15, 0.2) is 5.11 Å². The van der Waals surface area contributed by atoms with E-state index < -0.39 is 5.97 Å². The number of methoxy groups -OCH3 is 1. The number of aromatic carboxylic acids is 1. The first kappa shape index (κ1) is 15.9. The molecule has 3 N–H and O–H groups in total. The summed E-state index contributed by atoms with van der Waals surface area (Å²) in [7, 11) is 1.46. The van der Waals surface area contributed by atoms with Crippen LogP contribution in [0.25, 0.3) is 0 Å². The van der Waals surface area contributed by atoms with Gasteiger partial charge in [-0.2, -0.15) is 0 Å². The van der Waals surface area contributed by atoms with Gasteiger partial charge in [0.25, 0.3) is 0 Å². The van der Waals surface area contributed by atoms with Crippen molar-refractivity contribution in [2.75, 3.05) is 12.4 Å². The standard InChI is InChI=1S/C13H16N2O4S/c1-7(2)11(16)15-13(20)14-9-6-8(12(17)18)4-5-10(9)19-3/h4-7H,1-3H3,(H,17,18)(H2,14,15,16,20). The number of carboxylic acids is 1. The summed E-state index contributed by atoms with van der Waals surface area (Å²) in [6.45, 7) is 3.48. The second-order valence-corrected chi connectivity index (χ2v) is 4.73. The van der Waals surface area contributed by atoms with Crippen molar-refractivity contribution in [2.24, 2.45) is 5.92 Å². The molecule has 6 nitrogen and oxygen atoms in total. The first-order valence-electron chi connectivity index (χ1n) is 5.88. The van der Waals surface area contributed by atoms with Gasteiger partial charge in [0, 0.05) is 5.92 Å². The van der Waals surface area contributed by atoms with Crippen LogP contribution in [0.3, 0.4) is 0 Å². The minimum atomic E-state index is -1.06. The lowest BCUT2D eigenvalue weighted by Crippen LogP contribution is -2.36. The van der Waals surface area contributed by atoms with E-state index in [0.717, 1.165) is 0 Å². The van der Waals surface area contributed by atoms with Crippen LogP contribution in [0.5, 0.6) is 5.75 Å². The normalized spacial score (nSPS) is 10.0. The van der Waals surface area contributed by atoms with Gasteiger partial charge in [-0.05, 0) is 30.4 Å². The van der Waals surface area contributed by atoms with Gasteiger partial charge in [0.05, 0.1) is 18.4 Å². The Balaban J connectivity index is 2.89. The molecule has 0 unspecified atom stereocenters. The Kier molecular flexibility index (Phi) is 5.45. The quantitative estimate of drug-likeness (QED) is 0.735. The van der Waals surface area contributed by atoms with Gasteiger partial charge in [-0.3, -0.25) is 4.79 Å². The molecular weight excluding hydrogens is 280 g/mol. The lowest BCUT2D eigenvalue weighted by Gasteiger charge is -2.14. The molecule has 0 atom stereocenters. The molecule has 1 aromatic carbocycles. The Labute approximate surface area is 122 Å². The Morgan fingerprint density at radius 3 is 2.50 bits per heavy atom. The summed E-state index contributed by atoms with van der Waals surface area (Å²) < 4.78 is 5.11. The summed E-state index contributed by atoms with van der Waals surface area (Å²) >= 11 is 5.00. The van der Waals surface area contributed by atoms with E-state index in [0.29, 0.717) is 11.4 Å². The summed E-state index contributed by atoms with van der Waals surface area (Å²) in [5.74, 6) is -1.07. The molecule has 0 fully saturated rings. The monoisotopic (exact) mass is 296 g/mol. The fourth-order valence-electron chi connectivity index (χ4n) is 1.35. The van der Waals surface area contributed by atoms with Crippen LogP contribution in [-0.4, -0.2) is 29.2 Å². The van der Waals surface area contributed by atoms with Crippen LogP contribution < -0.4 is 15.4 Å². The maximum absolute atomic E-state index is 11.5. The fraction of sp³-hybridized carbons (Fsp3) is 0.308. The second kappa shape index (κ2) is 6.85. The molecule has 1 rings (SSSR count). The number of benzene rings is 1. The molecule has 20 heavy (non-hydrogen) atoms. The van der Waals surface area contributed by atoms with Crippen LogP contribution in [0.1, 0.15) is 24.2 Å². The van der Waals surface area contributed by atoms with Gasteiger partial charge < -0.3 is 20.5 Å². The molecule has 7 heteroatoms. The number of hydrogen-bond donors (Lipinski definition) is 3. The Morgan fingerprint density at radius 2 is 2.00 bits per heavy atom. The second-order valence-electron chi connectivity index (χ2n) is 4.32. The van der Waals surface area contributed by atoms with Crippen LogP contribution in [0.15, 0.2) is 18.2 Å². The highest BCUT2D eigenvalue weighted by Crippen LogP contribution is 2.25. The Hall–Kier alpha value is -2.15. The maximum Gasteiger partial charge on any atom is 0.335 e. The van der Waals surface area contributed by atoms with Crippen molar-refractivity contribution in [3.05, 3.63) is 23.8 Å². The third-order valence-electron chi connectivity index (χ3n) is 2.46. The number of anilines is 1. The van der Waals surface area contributed by atoms with Crippen molar-refractivity contribution in [3.63, 3.8) is 0 Å². The smallest absolute Gasteiger partial charge is 0.335 e. The third kappa shape index (κ3) is 4.20. The number of rotatable bonds is 4. The van der Waals surface area contributed by atoms with Crippen LogP contribution in [0, 0.1) is 5.92 Å². The Bertz CT molecular complexity index is 543. The van der Waals surface area contributed by atoms with Crippen molar-refractivity contribution < 1.29 is 19.4 Å². The summed E-state index contributed by atoms with van der Waals surface area (Å²) in [6.07, 6.45) is 0. The van der Waals surface area contributed by atoms with Gasteiger partial charge in [0.1, 0.15) is 5.75 Å². The van der Waals surface area contributed by atoms with Crippen molar-refractivity contribution in [2.45, 2.75) is 13.8 Å². The molecule has 0 radical (unpaired) electrons. The SMILES string of the molecule is COc1ccc(C(=O)O)cc1NC(=S)NC(=O)C(C)C. The number of carboxylic acid groups (broad SMARTS) is 1. The summed E-state index contributed by atoms with van der Waals surface area (Å²) in [6, 6.07) is 4.32. The first-order valence-corrected chi connectivity index (χ1v) is 6.29. The largest absolute Gasteiger partial charge is 0.495 e. The number of nitrogens with one attached hydrogen (secondary N) is 2. The van der Waals surface area contributed by atoms with E-state index in [1.165, 1.54) is 25.3 Å². The van der Waals surface area contributed by atoms with Crippen LogP contribution in [0.4, 0.5) is 5.69 Å². The van der Waals surface area contributed by atoms with E-state index >= 15 is 0 Å². The molecule has 0 heterocycles. The molecular formula is C13H16N2O4S. The van der Waals surface area contributed by atoms with Gasteiger partial charge in [-0.1, -0.05) is 13.8 Å². The summed E-state index contributed by atoms with van der Waals surface area (Å²) in [5, 5.41) is 14.3. The zero-order valence-electron chi connectivity index (χ0n) is 11.4. The average molecular weight is 296 g/mol. The molecule has 0 aliphatic carbocycles. The molecule has 0 saturated carbocycles. The molecule has 0 aliphatic rings. The molecule has 108 valence electrons. The average Bonchev–Trinajstić information content (AvgIpc) is 2.38. The van der Waals surface area contributed by atoms with Crippen LogP contribution in [-0.2, 0) is 4.79 Å². The van der Waals surface area contributed by atoms with Gasteiger partial charge in [-0.25, -0.2) is 4.79 Å². The number of carbonyl (C=O) groups excluding carboxylic acids is 1. The number of carbonyl (C=O) groups is 2. The zero-order valence-corrected chi connectivity index (χ0v) is 12.2. The lowest BCUT2D eigenvalue weighted by atomic mass is 10.2.